The quantitative estimate of drug-likeness (QED) is 0.630. The molecule has 1 atom stereocenters. The van der Waals surface area contributed by atoms with Gasteiger partial charge in [-0.25, -0.2) is 0 Å². The number of hydrogen-bond donors (Lipinski definition) is 1. The van der Waals surface area contributed by atoms with Gasteiger partial charge in [0, 0.05) is 19.7 Å². The molecule has 1 unspecified atom stereocenters. The molecule has 2 aromatic carbocycles. The van der Waals surface area contributed by atoms with Crippen molar-refractivity contribution in [3.05, 3.63) is 90.3 Å². The largest absolute Gasteiger partial charge is 0.383 e. The van der Waals surface area contributed by atoms with E-state index in [1.807, 2.05) is 48.5 Å². The molecule has 0 radical (unpaired) electrons. The lowest BCUT2D eigenvalue weighted by molar-refractivity contribution is -0.117. The van der Waals surface area contributed by atoms with E-state index in [0.29, 0.717) is 13.0 Å². The summed E-state index contributed by atoms with van der Waals surface area (Å²) in [4.78, 5) is 16.7. The number of nitrogens with one attached hydrogen (secondary N) is 1. The van der Waals surface area contributed by atoms with Gasteiger partial charge < -0.3 is 4.74 Å². The first-order valence-corrected chi connectivity index (χ1v) is 9.05. The molecule has 4 nitrogen and oxygen atoms in total. The van der Waals surface area contributed by atoms with Crippen LogP contribution in [0.1, 0.15) is 17.3 Å². The van der Waals surface area contributed by atoms with Gasteiger partial charge in [0.25, 0.3) is 0 Å². The smallest absolute Gasteiger partial charge is 0.150 e. The highest BCUT2D eigenvalue weighted by Gasteiger charge is 2.14. The minimum Gasteiger partial charge on any atom is -0.383 e. The van der Waals surface area contributed by atoms with Crippen molar-refractivity contribution in [2.75, 3.05) is 20.3 Å². The van der Waals surface area contributed by atoms with Gasteiger partial charge in [-0.2, -0.15) is 0 Å². The summed E-state index contributed by atoms with van der Waals surface area (Å²) in [5, 5.41) is 3.26. The van der Waals surface area contributed by atoms with E-state index in [2.05, 4.69) is 34.6 Å². The normalized spacial score (nSPS) is 11.9. The van der Waals surface area contributed by atoms with Gasteiger partial charge in [0.1, 0.15) is 0 Å². The van der Waals surface area contributed by atoms with Crippen LogP contribution in [-0.4, -0.2) is 31.0 Å². The number of hydrogen-bond acceptors (Lipinski definition) is 4. The van der Waals surface area contributed by atoms with Crippen molar-refractivity contribution in [1.82, 2.24) is 10.3 Å². The van der Waals surface area contributed by atoms with Crippen LogP contribution in [-0.2, 0) is 16.0 Å². The number of aromatic nitrogens is 1. The van der Waals surface area contributed by atoms with Crippen molar-refractivity contribution >= 4 is 5.78 Å². The van der Waals surface area contributed by atoms with E-state index in [0.717, 1.165) is 16.8 Å². The van der Waals surface area contributed by atoms with Crippen LogP contribution >= 0.6 is 0 Å². The Morgan fingerprint density at radius 3 is 2.33 bits per heavy atom. The molecule has 1 heterocycles. The Labute approximate surface area is 160 Å². The van der Waals surface area contributed by atoms with Gasteiger partial charge in [-0.05, 0) is 28.8 Å². The molecule has 0 spiro atoms. The molecule has 3 aromatic rings. The first-order chi connectivity index (χ1) is 13.3. The number of ketones is 1. The Kier molecular flexibility index (Phi) is 6.85. The third kappa shape index (κ3) is 5.58. The van der Waals surface area contributed by atoms with Crippen LogP contribution in [0.5, 0.6) is 0 Å². The number of ether oxygens (including phenoxy) is 1. The van der Waals surface area contributed by atoms with E-state index < -0.39 is 0 Å². The summed E-state index contributed by atoms with van der Waals surface area (Å²) in [6.45, 7) is 0.751. The van der Waals surface area contributed by atoms with Crippen LogP contribution < -0.4 is 5.32 Å². The topological polar surface area (TPSA) is 51.2 Å². The Balaban J connectivity index is 1.55. The summed E-state index contributed by atoms with van der Waals surface area (Å²) in [7, 11) is 1.65. The monoisotopic (exact) mass is 360 g/mol. The van der Waals surface area contributed by atoms with Gasteiger partial charge in [0.2, 0.25) is 0 Å². The van der Waals surface area contributed by atoms with Crippen LogP contribution in [0, 0.1) is 0 Å². The van der Waals surface area contributed by atoms with Crippen molar-refractivity contribution in [3.8, 4) is 11.1 Å². The Bertz CT molecular complexity index is 833. The lowest BCUT2D eigenvalue weighted by atomic mass is 10.0. The summed E-state index contributed by atoms with van der Waals surface area (Å²) in [5.41, 5.74) is 4.22. The molecule has 27 heavy (non-hydrogen) atoms. The van der Waals surface area contributed by atoms with E-state index >= 15 is 0 Å². The van der Waals surface area contributed by atoms with E-state index in [1.54, 1.807) is 13.3 Å². The zero-order chi connectivity index (χ0) is 18.9. The molecule has 0 aliphatic rings. The molecule has 0 saturated heterocycles. The first kappa shape index (κ1) is 19.0. The second kappa shape index (κ2) is 9.76. The number of nitrogens with zero attached hydrogens (tertiary/aromatic N) is 1. The highest BCUT2D eigenvalue weighted by molar-refractivity contribution is 5.83. The van der Waals surface area contributed by atoms with Crippen molar-refractivity contribution in [3.63, 3.8) is 0 Å². The molecule has 0 fully saturated rings. The number of methoxy groups -OCH3 is 1. The van der Waals surface area contributed by atoms with Crippen LogP contribution in [0.3, 0.4) is 0 Å². The summed E-state index contributed by atoms with van der Waals surface area (Å²) in [6.07, 6.45) is 2.15. The third-order valence-electron chi connectivity index (χ3n) is 4.39. The molecule has 1 aromatic heterocycles. The molecule has 4 heteroatoms. The van der Waals surface area contributed by atoms with Gasteiger partial charge in [-0.15, -0.1) is 0 Å². The maximum Gasteiger partial charge on any atom is 0.150 e. The van der Waals surface area contributed by atoms with Crippen LogP contribution in [0.2, 0.25) is 0 Å². The maximum atomic E-state index is 12.4. The van der Waals surface area contributed by atoms with Crippen LogP contribution in [0.15, 0.2) is 79.0 Å². The van der Waals surface area contributed by atoms with Crippen molar-refractivity contribution in [1.29, 1.82) is 0 Å². The van der Waals surface area contributed by atoms with Gasteiger partial charge in [0.05, 0.1) is 24.9 Å². The van der Waals surface area contributed by atoms with E-state index in [1.165, 1.54) is 5.56 Å². The zero-order valence-corrected chi connectivity index (χ0v) is 15.5. The van der Waals surface area contributed by atoms with E-state index in [4.69, 9.17) is 4.74 Å². The third-order valence-corrected chi connectivity index (χ3v) is 4.39. The molecular weight excluding hydrogens is 336 g/mol. The predicted molar refractivity (Wildman–Crippen MR) is 107 cm³/mol. The Morgan fingerprint density at radius 1 is 0.963 bits per heavy atom. The molecule has 0 aliphatic heterocycles. The summed E-state index contributed by atoms with van der Waals surface area (Å²) >= 11 is 0. The maximum absolute atomic E-state index is 12.4. The second-order valence-electron chi connectivity index (χ2n) is 6.42. The molecule has 0 amide bonds. The highest BCUT2D eigenvalue weighted by atomic mass is 16.5. The predicted octanol–water partition coefficient (Wildman–Crippen LogP) is 3.84. The molecule has 138 valence electrons. The highest BCUT2D eigenvalue weighted by Crippen LogP contribution is 2.19. The average molecular weight is 360 g/mol. The molecule has 0 bridgehead atoms. The minimum absolute atomic E-state index is 0.0967. The number of carbonyl (C=O) groups is 1. The van der Waals surface area contributed by atoms with E-state index in [-0.39, 0.29) is 18.4 Å². The number of rotatable bonds is 9. The SMILES string of the molecule is COCC(NCC(=O)Cc1ccc(-c2ccccc2)cc1)c1ccccn1. The first-order valence-electron chi connectivity index (χ1n) is 9.05. The van der Waals surface area contributed by atoms with Gasteiger partial charge >= 0.3 is 0 Å². The number of pyridine rings is 1. The van der Waals surface area contributed by atoms with Crippen LogP contribution in [0.4, 0.5) is 0 Å². The standard InChI is InChI=1S/C23H24N2O2/c1-27-17-23(22-9-5-6-14-24-22)25-16-21(26)15-18-10-12-20(13-11-18)19-7-3-2-4-8-19/h2-14,23,25H,15-17H2,1H3. The summed E-state index contributed by atoms with van der Waals surface area (Å²) < 4.78 is 5.25. The van der Waals surface area contributed by atoms with E-state index in [9.17, 15) is 4.79 Å². The van der Waals surface area contributed by atoms with Gasteiger partial charge in [-0.1, -0.05) is 60.7 Å². The molecular formula is C23H24N2O2. The fourth-order valence-corrected chi connectivity index (χ4v) is 2.97. The minimum atomic E-state index is -0.0967. The summed E-state index contributed by atoms with van der Waals surface area (Å²) in [6, 6.07) is 24.0. The fourth-order valence-electron chi connectivity index (χ4n) is 2.97. The zero-order valence-electron chi connectivity index (χ0n) is 15.5. The molecule has 1 N–H and O–H groups in total. The van der Waals surface area contributed by atoms with Crippen molar-refractivity contribution < 1.29 is 9.53 Å². The number of Topliss-reactive ketones (excluding diaryl/α,β-unsaturated/α-hetero) is 1. The Hall–Kier alpha value is -2.82. The lowest BCUT2D eigenvalue weighted by Crippen LogP contribution is -2.31. The summed E-state index contributed by atoms with van der Waals surface area (Å²) in [5.74, 6) is 0.138. The Morgan fingerprint density at radius 2 is 1.67 bits per heavy atom. The van der Waals surface area contributed by atoms with Gasteiger partial charge in [-0.3, -0.25) is 15.1 Å². The van der Waals surface area contributed by atoms with Crippen molar-refractivity contribution in [2.45, 2.75) is 12.5 Å². The fraction of sp³-hybridized carbons (Fsp3) is 0.217. The molecule has 3 rings (SSSR count). The van der Waals surface area contributed by atoms with Crippen LogP contribution in [0.25, 0.3) is 11.1 Å². The molecule has 0 saturated carbocycles. The van der Waals surface area contributed by atoms with Crippen molar-refractivity contribution in [2.24, 2.45) is 0 Å². The molecule has 0 aliphatic carbocycles. The number of benzene rings is 2. The number of carbonyl (C=O) groups excluding carboxylic acids is 1. The van der Waals surface area contributed by atoms with Gasteiger partial charge in [0.15, 0.2) is 5.78 Å². The average Bonchev–Trinajstić information content (AvgIpc) is 2.73. The second-order valence-corrected chi connectivity index (χ2v) is 6.42. The lowest BCUT2D eigenvalue weighted by Gasteiger charge is -2.17.